The molecule has 1 aliphatic rings. The van der Waals surface area contributed by atoms with Gasteiger partial charge in [0.1, 0.15) is 11.3 Å². The van der Waals surface area contributed by atoms with Crippen LogP contribution in [0.5, 0.6) is 0 Å². The molecule has 1 saturated heterocycles. The average Bonchev–Trinajstić information content (AvgIpc) is 3.46. The Morgan fingerprint density at radius 1 is 1.19 bits per heavy atom. The van der Waals surface area contributed by atoms with Gasteiger partial charge in [0.05, 0.1) is 24.8 Å². The lowest BCUT2D eigenvalue weighted by Gasteiger charge is -2.35. The molecule has 0 unspecified atom stereocenters. The predicted molar refractivity (Wildman–Crippen MR) is 124 cm³/mol. The number of aryl methyl sites for hydroxylation is 1. The Morgan fingerprint density at radius 3 is 2.70 bits per heavy atom. The first-order chi connectivity index (χ1) is 17.6. The van der Waals surface area contributed by atoms with Crippen molar-refractivity contribution in [2.24, 2.45) is 0 Å². The second-order valence-corrected chi connectivity index (χ2v) is 8.42. The van der Waals surface area contributed by atoms with Crippen molar-refractivity contribution in [3.8, 4) is 0 Å². The smallest absolute Gasteiger partial charge is 0.417 e. The number of ether oxygens (including phenoxy) is 1. The van der Waals surface area contributed by atoms with Crippen molar-refractivity contribution >= 4 is 35.0 Å². The fraction of sp³-hybridized carbons (Fsp3) is 0.261. The van der Waals surface area contributed by atoms with Gasteiger partial charge in [0.15, 0.2) is 0 Å². The third kappa shape index (κ3) is 4.77. The molecule has 5 rings (SSSR count). The second kappa shape index (κ2) is 9.11. The zero-order valence-corrected chi connectivity index (χ0v) is 19.5. The summed E-state index contributed by atoms with van der Waals surface area (Å²) in [5, 5.41) is 9.60. The SMILES string of the molecule is COC(=O)N1CC(c2nc(Nc3ccc(C)c(NC(=O)c4cnc5ccc(C(F)(F)F)cn45)c3)no2)C1. The fourth-order valence-corrected chi connectivity index (χ4v) is 3.83. The molecule has 37 heavy (non-hydrogen) atoms. The summed E-state index contributed by atoms with van der Waals surface area (Å²) in [7, 11) is 1.31. The van der Waals surface area contributed by atoms with Crippen LogP contribution < -0.4 is 10.6 Å². The summed E-state index contributed by atoms with van der Waals surface area (Å²) in [4.78, 5) is 34.3. The van der Waals surface area contributed by atoms with Crippen LogP contribution in [0.3, 0.4) is 0 Å². The molecule has 2 N–H and O–H groups in total. The summed E-state index contributed by atoms with van der Waals surface area (Å²) < 4.78 is 50.4. The molecule has 0 bridgehead atoms. The molecule has 0 radical (unpaired) electrons. The molecule has 2 amide bonds. The minimum absolute atomic E-state index is 0.0526. The zero-order chi connectivity index (χ0) is 26.3. The number of carbonyl (C=O) groups excluding carboxylic acids is 2. The second-order valence-electron chi connectivity index (χ2n) is 8.42. The van der Waals surface area contributed by atoms with E-state index in [4.69, 9.17) is 4.52 Å². The van der Waals surface area contributed by atoms with Gasteiger partial charge in [0, 0.05) is 30.7 Å². The van der Waals surface area contributed by atoms with Gasteiger partial charge in [0.25, 0.3) is 11.9 Å². The van der Waals surface area contributed by atoms with Gasteiger partial charge in [-0.05, 0) is 41.9 Å². The number of anilines is 3. The normalized spacial score (nSPS) is 13.9. The van der Waals surface area contributed by atoms with Crippen LogP contribution in [0.1, 0.15) is 33.4 Å². The van der Waals surface area contributed by atoms with Gasteiger partial charge in [-0.1, -0.05) is 6.07 Å². The minimum Gasteiger partial charge on any atom is -0.453 e. The van der Waals surface area contributed by atoms with Crippen molar-refractivity contribution in [2.45, 2.75) is 19.0 Å². The van der Waals surface area contributed by atoms with Crippen molar-refractivity contribution < 1.29 is 32.0 Å². The third-order valence-corrected chi connectivity index (χ3v) is 5.91. The van der Waals surface area contributed by atoms with E-state index < -0.39 is 23.7 Å². The Labute approximate surface area is 207 Å². The number of hydrogen-bond acceptors (Lipinski definition) is 8. The number of nitrogens with zero attached hydrogens (tertiary/aromatic N) is 5. The fourth-order valence-electron chi connectivity index (χ4n) is 3.83. The molecule has 0 saturated carbocycles. The van der Waals surface area contributed by atoms with Crippen molar-refractivity contribution in [3.63, 3.8) is 0 Å². The molecular formula is C23H20F3N7O4. The van der Waals surface area contributed by atoms with E-state index in [1.54, 1.807) is 25.1 Å². The number of carbonyl (C=O) groups is 2. The van der Waals surface area contributed by atoms with E-state index in [0.29, 0.717) is 30.4 Å². The Hall–Kier alpha value is -4.62. The Kier molecular flexibility index (Phi) is 5.93. The first-order valence-corrected chi connectivity index (χ1v) is 11.0. The van der Waals surface area contributed by atoms with Crippen molar-refractivity contribution in [2.75, 3.05) is 30.8 Å². The van der Waals surface area contributed by atoms with Crippen LogP contribution in [0.2, 0.25) is 0 Å². The lowest BCUT2D eigenvalue weighted by Crippen LogP contribution is -2.48. The highest BCUT2D eigenvalue weighted by atomic mass is 19.4. The molecule has 4 aromatic rings. The molecule has 1 aromatic carbocycles. The Morgan fingerprint density at radius 2 is 1.97 bits per heavy atom. The van der Waals surface area contributed by atoms with Crippen LogP contribution in [0.15, 0.2) is 47.2 Å². The Balaban J connectivity index is 1.30. The number of halogens is 3. The number of likely N-dealkylation sites (tertiary alicyclic amines) is 1. The standard InChI is InChI=1S/C23H20F3N7O4/c1-12-3-5-15(28-21-30-20(37-31-21)13-9-32(10-13)22(35)36-2)7-16(12)29-19(34)17-8-27-18-6-4-14(11-33(17)18)23(24,25)26/h3-8,11,13H,9-10H2,1-2H3,(H,28,31)(H,29,34). The van der Waals surface area contributed by atoms with Gasteiger partial charge < -0.3 is 24.8 Å². The summed E-state index contributed by atoms with van der Waals surface area (Å²) in [5.41, 5.74) is 0.940. The van der Waals surface area contributed by atoms with Crippen molar-refractivity contribution in [3.05, 3.63) is 65.4 Å². The molecule has 1 fully saturated rings. The number of hydrogen-bond donors (Lipinski definition) is 2. The van der Waals surface area contributed by atoms with Crippen LogP contribution >= 0.6 is 0 Å². The number of fused-ring (bicyclic) bond motifs is 1. The molecule has 192 valence electrons. The number of rotatable bonds is 5. The van der Waals surface area contributed by atoms with Crippen LogP contribution in [0, 0.1) is 6.92 Å². The van der Waals surface area contributed by atoms with E-state index in [-0.39, 0.29) is 23.2 Å². The largest absolute Gasteiger partial charge is 0.453 e. The number of methoxy groups -OCH3 is 1. The molecule has 3 aromatic heterocycles. The molecule has 0 atom stereocenters. The third-order valence-electron chi connectivity index (χ3n) is 5.91. The molecule has 1 aliphatic heterocycles. The first kappa shape index (κ1) is 24.1. The van der Waals surface area contributed by atoms with Crippen LogP contribution in [-0.4, -0.2) is 56.6 Å². The summed E-state index contributed by atoms with van der Waals surface area (Å²) in [6, 6.07) is 7.23. The highest BCUT2D eigenvalue weighted by molar-refractivity contribution is 6.04. The van der Waals surface area contributed by atoms with Gasteiger partial charge in [-0.2, -0.15) is 18.2 Å². The lowest BCUT2D eigenvalue weighted by atomic mass is 10.0. The van der Waals surface area contributed by atoms with Gasteiger partial charge in [0.2, 0.25) is 5.89 Å². The lowest BCUT2D eigenvalue weighted by molar-refractivity contribution is -0.137. The molecular weight excluding hydrogens is 495 g/mol. The quantitative estimate of drug-likeness (QED) is 0.405. The van der Waals surface area contributed by atoms with E-state index in [1.165, 1.54) is 24.3 Å². The number of alkyl halides is 3. The van der Waals surface area contributed by atoms with Gasteiger partial charge in [-0.15, -0.1) is 0 Å². The Bertz CT molecular complexity index is 1490. The topological polar surface area (TPSA) is 127 Å². The average molecular weight is 515 g/mol. The monoisotopic (exact) mass is 515 g/mol. The molecule has 11 nitrogen and oxygen atoms in total. The van der Waals surface area contributed by atoms with Gasteiger partial charge in [-0.3, -0.25) is 9.20 Å². The number of amides is 2. The van der Waals surface area contributed by atoms with Crippen LogP contribution in [-0.2, 0) is 10.9 Å². The van der Waals surface area contributed by atoms with Gasteiger partial charge >= 0.3 is 12.3 Å². The maximum absolute atomic E-state index is 13.1. The number of benzene rings is 1. The predicted octanol–water partition coefficient (Wildman–Crippen LogP) is 4.21. The highest BCUT2D eigenvalue weighted by Crippen LogP contribution is 2.30. The maximum atomic E-state index is 13.1. The first-order valence-electron chi connectivity index (χ1n) is 11.0. The van der Waals surface area contributed by atoms with E-state index in [0.717, 1.165) is 22.2 Å². The maximum Gasteiger partial charge on any atom is 0.417 e. The molecule has 14 heteroatoms. The zero-order valence-electron chi connectivity index (χ0n) is 19.5. The van der Waals surface area contributed by atoms with Gasteiger partial charge in [-0.25, -0.2) is 9.78 Å². The van der Waals surface area contributed by atoms with Crippen molar-refractivity contribution in [1.29, 1.82) is 0 Å². The summed E-state index contributed by atoms with van der Waals surface area (Å²) in [6.07, 6.45) is -2.93. The summed E-state index contributed by atoms with van der Waals surface area (Å²) >= 11 is 0. The van der Waals surface area contributed by atoms with E-state index >= 15 is 0 Å². The van der Waals surface area contributed by atoms with E-state index in [2.05, 4.69) is 30.5 Å². The number of nitrogens with one attached hydrogen (secondary N) is 2. The molecule has 0 spiro atoms. The van der Waals surface area contributed by atoms with E-state index in [1.807, 2.05) is 0 Å². The number of imidazole rings is 1. The minimum atomic E-state index is -4.56. The van der Waals surface area contributed by atoms with E-state index in [9.17, 15) is 22.8 Å². The number of pyridine rings is 1. The summed E-state index contributed by atoms with van der Waals surface area (Å²) in [5.74, 6) is -0.171. The molecule has 4 heterocycles. The van der Waals surface area contributed by atoms with Crippen molar-refractivity contribution in [1.82, 2.24) is 24.4 Å². The van der Waals surface area contributed by atoms with Crippen LogP contribution in [0.25, 0.3) is 5.65 Å². The van der Waals surface area contributed by atoms with Crippen LogP contribution in [0.4, 0.5) is 35.3 Å². The molecule has 0 aliphatic carbocycles. The number of aromatic nitrogens is 4. The highest BCUT2D eigenvalue weighted by Gasteiger charge is 2.36. The summed E-state index contributed by atoms with van der Waals surface area (Å²) in [6.45, 7) is 2.58.